The van der Waals surface area contributed by atoms with Crippen molar-refractivity contribution in [2.45, 2.75) is 50.9 Å². The standard InChI is InChI=1S/C25H27N3O4/c1-2-3-5-14-21(23(26)29)27-24(30)22-15-19-12-8-9-13-20(19)16-28(22)25(31)32-17-18-10-6-4-7-11-18/h1,4,6-13,21-22H,3,5,14-17H2,(H2,26,29)(H,27,30)/t21-,22-/m0/s1. The molecule has 166 valence electrons. The van der Waals surface area contributed by atoms with Crippen molar-refractivity contribution in [1.29, 1.82) is 0 Å². The molecule has 0 radical (unpaired) electrons. The van der Waals surface area contributed by atoms with Crippen molar-refractivity contribution in [1.82, 2.24) is 10.2 Å². The van der Waals surface area contributed by atoms with Gasteiger partial charge in [0.25, 0.3) is 0 Å². The van der Waals surface area contributed by atoms with Crippen LogP contribution >= 0.6 is 0 Å². The summed E-state index contributed by atoms with van der Waals surface area (Å²) < 4.78 is 5.49. The maximum absolute atomic E-state index is 13.1. The highest BCUT2D eigenvalue weighted by Gasteiger charge is 2.36. The summed E-state index contributed by atoms with van der Waals surface area (Å²) in [5.41, 5.74) is 8.25. The van der Waals surface area contributed by atoms with Gasteiger partial charge in [0, 0.05) is 12.8 Å². The summed E-state index contributed by atoms with van der Waals surface area (Å²) in [6, 6.07) is 15.3. The van der Waals surface area contributed by atoms with E-state index in [1.807, 2.05) is 54.6 Å². The molecule has 32 heavy (non-hydrogen) atoms. The molecule has 0 aromatic heterocycles. The van der Waals surface area contributed by atoms with Crippen molar-refractivity contribution in [3.63, 3.8) is 0 Å². The number of amides is 3. The van der Waals surface area contributed by atoms with Crippen LogP contribution in [0.5, 0.6) is 0 Å². The van der Waals surface area contributed by atoms with Gasteiger partial charge in [-0.3, -0.25) is 14.5 Å². The maximum atomic E-state index is 13.1. The minimum atomic E-state index is -0.852. The van der Waals surface area contributed by atoms with Crippen LogP contribution in [-0.2, 0) is 33.9 Å². The quantitative estimate of drug-likeness (QED) is 0.493. The molecule has 3 rings (SSSR count). The molecule has 2 atom stereocenters. The van der Waals surface area contributed by atoms with Crippen LogP contribution in [-0.4, -0.2) is 34.9 Å². The second kappa shape index (κ2) is 11.0. The molecule has 0 bridgehead atoms. The van der Waals surface area contributed by atoms with E-state index in [0.29, 0.717) is 25.7 Å². The topological polar surface area (TPSA) is 102 Å². The van der Waals surface area contributed by atoms with E-state index in [1.54, 1.807) is 0 Å². The smallest absolute Gasteiger partial charge is 0.411 e. The number of nitrogens with one attached hydrogen (secondary N) is 1. The lowest BCUT2D eigenvalue weighted by atomic mass is 9.93. The summed E-state index contributed by atoms with van der Waals surface area (Å²) in [6.07, 6.45) is 6.37. The number of carbonyl (C=O) groups is 3. The summed E-state index contributed by atoms with van der Waals surface area (Å²) >= 11 is 0. The number of ether oxygens (including phenoxy) is 1. The number of nitrogens with two attached hydrogens (primary N) is 1. The number of hydrogen-bond donors (Lipinski definition) is 2. The van der Waals surface area contributed by atoms with Crippen LogP contribution in [0.1, 0.15) is 36.0 Å². The number of rotatable bonds is 8. The Hall–Kier alpha value is -3.79. The van der Waals surface area contributed by atoms with Gasteiger partial charge >= 0.3 is 6.09 Å². The Kier molecular flexibility index (Phi) is 7.87. The number of hydrogen-bond acceptors (Lipinski definition) is 4. The van der Waals surface area contributed by atoms with Crippen molar-refractivity contribution in [3.8, 4) is 12.3 Å². The van der Waals surface area contributed by atoms with E-state index in [1.165, 1.54) is 4.90 Å². The number of unbranched alkanes of at least 4 members (excludes halogenated alkanes) is 1. The fourth-order valence-electron chi connectivity index (χ4n) is 3.71. The average molecular weight is 434 g/mol. The lowest BCUT2D eigenvalue weighted by molar-refractivity contribution is -0.131. The fraction of sp³-hybridized carbons (Fsp3) is 0.320. The Morgan fingerprint density at radius 3 is 2.50 bits per heavy atom. The second-order valence-electron chi connectivity index (χ2n) is 7.72. The van der Waals surface area contributed by atoms with E-state index in [4.69, 9.17) is 16.9 Å². The van der Waals surface area contributed by atoms with Crippen LogP contribution in [0.2, 0.25) is 0 Å². The van der Waals surface area contributed by atoms with Crippen LogP contribution in [0.25, 0.3) is 0 Å². The predicted molar refractivity (Wildman–Crippen MR) is 120 cm³/mol. The number of terminal acetylenes is 1. The van der Waals surface area contributed by atoms with Gasteiger partial charge in [0.1, 0.15) is 18.7 Å². The first-order valence-corrected chi connectivity index (χ1v) is 10.6. The predicted octanol–water partition coefficient (Wildman–Crippen LogP) is 2.52. The molecule has 2 aromatic carbocycles. The number of primary amides is 1. The molecule has 0 aliphatic carbocycles. The number of carbonyl (C=O) groups excluding carboxylic acids is 3. The molecule has 1 heterocycles. The molecule has 0 unspecified atom stereocenters. The van der Waals surface area contributed by atoms with Crippen LogP contribution in [0.15, 0.2) is 54.6 Å². The highest BCUT2D eigenvalue weighted by atomic mass is 16.6. The van der Waals surface area contributed by atoms with Gasteiger partial charge in [-0.2, -0.15) is 0 Å². The minimum absolute atomic E-state index is 0.0994. The Morgan fingerprint density at radius 2 is 1.81 bits per heavy atom. The third-order valence-electron chi connectivity index (χ3n) is 5.46. The molecular formula is C25H27N3O4. The highest BCUT2D eigenvalue weighted by molar-refractivity contribution is 5.91. The fourth-order valence-corrected chi connectivity index (χ4v) is 3.71. The first kappa shape index (κ1) is 22.9. The second-order valence-corrected chi connectivity index (χ2v) is 7.72. The first-order valence-electron chi connectivity index (χ1n) is 10.6. The Bertz CT molecular complexity index is 1000. The molecule has 1 aliphatic rings. The molecule has 2 aromatic rings. The van der Waals surface area contributed by atoms with Crippen LogP contribution in [0, 0.1) is 12.3 Å². The summed E-state index contributed by atoms with van der Waals surface area (Å²) in [7, 11) is 0. The number of fused-ring (bicyclic) bond motifs is 1. The molecule has 0 spiro atoms. The zero-order chi connectivity index (χ0) is 22.9. The summed E-state index contributed by atoms with van der Waals surface area (Å²) in [5, 5.41) is 2.70. The molecule has 0 saturated carbocycles. The monoisotopic (exact) mass is 433 g/mol. The lowest BCUT2D eigenvalue weighted by Crippen LogP contribution is -2.56. The number of benzene rings is 2. The van der Waals surface area contributed by atoms with Crippen LogP contribution in [0.4, 0.5) is 4.79 Å². The van der Waals surface area contributed by atoms with Gasteiger partial charge in [0.05, 0.1) is 6.54 Å². The van der Waals surface area contributed by atoms with Gasteiger partial charge in [0.15, 0.2) is 0 Å². The zero-order valence-electron chi connectivity index (χ0n) is 17.8. The lowest BCUT2D eigenvalue weighted by Gasteiger charge is -2.35. The molecule has 7 heteroatoms. The molecule has 3 amide bonds. The van der Waals surface area contributed by atoms with Gasteiger partial charge in [-0.15, -0.1) is 12.3 Å². The van der Waals surface area contributed by atoms with Crippen LogP contribution < -0.4 is 11.1 Å². The van der Waals surface area contributed by atoms with Gasteiger partial charge in [0.2, 0.25) is 11.8 Å². The zero-order valence-corrected chi connectivity index (χ0v) is 17.8. The first-order chi connectivity index (χ1) is 15.5. The molecule has 1 aliphatic heterocycles. The minimum Gasteiger partial charge on any atom is -0.445 e. The van der Waals surface area contributed by atoms with E-state index in [9.17, 15) is 14.4 Å². The van der Waals surface area contributed by atoms with Crippen molar-refractivity contribution in [3.05, 3.63) is 71.3 Å². The molecular weight excluding hydrogens is 406 g/mol. The van der Waals surface area contributed by atoms with Gasteiger partial charge < -0.3 is 15.8 Å². The molecule has 0 saturated heterocycles. The normalized spacial score (nSPS) is 15.7. The highest BCUT2D eigenvalue weighted by Crippen LogP contribution is 2.24. The van der Waals surface area contributed by atoms with Crippen molar-refractivity contribution >= 4 is 17.9 Å². The molecule has 7 nitrogen and oxygen atoms in total. The van der Waals surface area contributed by atoms with Crippen molar-refractivity contribution < 1.29 is 19.1 Å². The van der Waals surface area contributed by atoms with E-state index in [-0.39, 0.29) is 13.2 Å². The van der Waals surface area contributed by atoms with Gasteiger partial charge in [-0.25, -0.2) is 4.79 Å². The largest absolute Gasteiger partial charge is 0.445 e. The maximum Gasteiger partial charge on any atom is 0.411 e. The average Bonchev–Trinajstić information content (AvgIpc) is 2.81. The molecule has 0 fully saturated rings. The third kappa shape index (κ3) is 5.88. The van der Waals surface area contributed by atoms with Crippen molar-refractivity contribution in [2.75, 3.05) is 0 Å². The summed E-state index contributed by atoms with van der Waals surface area (Å²) in [6.45, 7) is 0.336. The SMILES string of the molecule is C#CCCC[C@H](NC(=O)[C@@H]1Cc2ccccc2CN1C(=O)OCc1ccccc1)C(N)=O. The van der Waals surface area contributed by atoms with E-state index >= 15 is 0 Å². The molecule has 3 N–H and O–H groups in total. The third-order valence-corrected chi connectivity index (χ3v) is 5.46. The van der Waals surface area contributed by atoms with Gasteiger partial charge in [-0.1, -0.05) is 54.6 Å². The Morgan fingerprint density at radius 1 is 1.12 bits per heavy atom. The Balaban J connectivity index is 1.75. The number of nitrogens with zero attached hydrogens (tertiary/aromatic N) is 1. The van der Waals surface area contributed by atoms with Crippen LogP contribution in [0.3, 0.4) is 0 Å². The van der Waals surface area contributed by atoms with E-state index < -0.39 is 30.0 Å². The Labute approximate surface area is 187 Å². The summed E-state index contributed by atoms with van der Waals surface area (Å²) in [4.78, 5) is 39.3. The van der Waals surface area contributed by atoms with Crippen molar-refractivity contribution in [2.24, 2.45) is 5.73 Å². The summed E-state index contributed by atoms with van der Waals surface area (Å²) in [5.74, 6) is 1.43. The van der Waals surface area contributed by atoms with E-state index in [0.717, 1.165) is 16.7 Å². The van der Waals surface area contributed by atoms with Gasteiger partial charge in [-0.05, 0) is 29.5 Å². The van der Waals surface area contributed by atoms with E-state index in [2.05, 4.69) is 11.2 Å².